The van der Waals surface area contributed by atoms with Gasteiger partial charge in [-0.2, -0.15) is 0 Å². The quantitative estimate of drug-likeness (QED) is 0.255. The number of para-hydroxylation sites is 1. The van der Waals surface area contributed by atoms with E-state index in [1.165, 1.54) is 25.3 Å². The fourth-order valence-electron chi connectivity index (χ4n) is 3.00. The van der Waals surface area contributed by atoms with E-state index < -0.39 is 36.3 Å². The molecule has 0 bridgehead atoms. The van der Waals surface area contributed by atoms with Crippen molar-refractivity contribution in [3.63, 3.8) is 0 Å². The summed E-state index contributed by atoms with van der Waals surface area (Å²) in [6.45, 7) is 2.54. The summed E-state index contributed by atoms with van der Waals surface area (Å²) in [7, 11) is -1.44. The largest absolute Gasteiger partial charge is 0.535 e. The van der Waals surface area contributed by atoms with Gasteiger partial charge in [0.15, 0.2) is 16.6 Å². The molecule has 13 heteroatoms. The molecule has 0 spiro atoms. The van der Waals surface area contributed by atoms with E-state index in [4.69, 9.17) is 15.2 Å². The van der Waals surface area contributed by atoms with E-state index >= 15 is 0 Å². The highest BCUT2D eigenvalue weighted by Crippen LogP contribution is 2.36. The van der Waals surface area contributed by atoms with Crippen LogP contribution in [0.5, 0.6) is 5.75 Å². The van der Waals surface area contributed by atoms with Gasteiger partial charge in [0.1, 0.15) is 11.4 Å². The van der Waals surface area contributed by atoms with Crippen molar-refractivity contribution in [1.82, 2.24) is 4.98 Å². The second kappa shape index (κ2) is 8.97. The summed E-state index contributed by atoms with van der Waals surface area (Å²) in [5.41, 5.74) is 4.25. The smallest absolute Gasteiger partial charge is 0.526 e. The number of carboxylic acid groups (broad SMARTS) is 2. The number of carbonyl (C=O) groups is 3. The normalized spacial score (nSPS) is 16.2. The van der Waals surface area contributed by atoms with Crippen LogP contribution in [0.4, 0.5) is 5.13 Å². The molecule has 0 saturated carbocycles. The lowest BCUT2D eigenvalue weighted by Crippen LogP contribution is -2.37. The molecule has 32 heavy (non-hydrogen) atoms. The summed E-state index contributed by atoms with van der Waals surface area (Å²) in [4.78, 5) is 44.8. The molecule has 1 aromatic carbocycles. The standard InChI is InChI=1S/C19H20BN3O8S/c1-19(2,17(27)28)31-23-14(12-8-32-18(21)22-12)13(24)7-10-6-9-4-3-5-11(16(25)26)15(9)30-20(10)29/h3-5,8,10,29H,6-7H2,1-2H3,(H2,21,22)(H,25,26)(H,27,28)/b23-14-/t10-/m1/s1. The average Bonchev–Trinajstić information content (AvgIpc) is 3.13. The van der Waals surface area contributed by atoms with E-state index in [0.717, 1.165) is 11.3 Å². The van der Waals surface area contributed by atoms with Crippen LogP contribution in [-0.2, 0) is 20.8 Å². The Morgan fingerprint density at radius 2 is 2.09 bits per heavy atom. The molecule has 168 valence electrons. The lowest BCUT2D eigenvalue weighted by molar-refractivity contribution is -0.161. The van der Waals surface area contributed by atoms with Crippen LogP contribution in [0.2, 0.25) is 5.82 Å². The van der Waals surface area contributed by atoms with Gasteiger partial charge in [-0.15, -0.1) is 11.3 Å². The summed E-state index contributed by atoms with van der Waals surface area (Å²) in [5, 5.41) is 34.3. The van der Waals surface area contributed by atoms with Gasteiger partial charge in [-0.05, 0) is 31.9 Å². The molecular weight excluding hydrogens is 441 g/mol. The highest BCUT2D eigenvalue weighted by Gasteiger charge is 2.39. The number of carbonyl (C=O) groups excluding carboxylic acids is 1. The monoisotopic (exact) mass is 461 g/mol. The van der Waals surface area contributed by atoms with E-state index in [0.29, 0.717) is 5.56 Å². The van der Waals surface area contributed by atoms with Crippen molar-refractivity contribution in [1.29, 1.82) is 0 Å². The molecule has 0 radical (unpaired) electrons. The Hall–Kier alpha value is -3.45. The molecule has 2 heterocycles. The zero-order chi connectivity index (χ0) is 23.6. The maximum absolute atomic E-state index is 13.0. The van der Waals surface area contributed by atoms with Gasteiger partial charge in [0.05, 0.1) is 5.56 Å². The first-order valence-corrected chi connectivity index (χ1v) is 10.3. The minimum atomic E-state index is -1.70. The number of anilines is 1. The summed E-state index contributed by atoms with van der Waals surface area (Å²) in [5.74, 6) is -3.72. The van der Waals surface area contributed by atoms with Gasteiger partial charge in [0, 0.05) is 17.6 Å². The van der Waals surface area contributed by atoms with E-state index in [9.17, 15) is 29.6 Å². The number of hydrogen-bond acceptors (Lipinski definition) is 10. The van der Waals surface area contributed by atoms with Crippen LogP contribution in [0.3, 0.4) is 0 Å². The molecule has 0 fully saturated rings. The molecule has 1 aromatic heterocycles. The van der Waals surface area contributed by atoms with Gasteiger partial charge in [0.2, 0.25) is 5.60 Å². The van der Waals surface area contributed by atoms with Crippen LogP contribution in [0.1, 0.15) is 41.9 Å². The van der Waals surface area contributed by atoms with Gasteiger partial charge in [-0.1, -0.05) is 17.3 Å². The number of Topliss-reactive ketones (excluding diaryl/α,β-unsaturated/α-hetero) is 1. The van der Waals surface area contributed by atoms with Crippen molar-refractivity contribution in [2.24, 2.45) is 5.16 Å². The van der Waals surface area contributed by atoms with Crippen molar-refractivity contribution in [3.8, 4) is 5.75 Å². The Balaban J connectivity index is 1.85. The van der Waals surface area contributed by atoms with Gasteiger partial charge in [-0.3, -0.25) is 4.79 Å². The molecular formula is C19H20BN3O8S. The van der Waals surface area contributed by atoms with Crippen molar-refractivity contribution in [2.45, 2.75) is 38.1 Å². The maximum Gasteiger partial charge on any atom is 0.526 e. The Bertz CT molecular complexity index is 1100. The van der Waals surface area contributed by atoms with Crippen molar-refractivity contribution < 1.29 is 39.1 Å². The first kappa shape index (κ1) is 23.2. The van der Waals surface area contributed by atoms with E-state index in [2.05, 4.69) is 10.1 Å². The van der Waals surface area contributed by atoms with E-state index in [1.54, 1.807) is 12.1 Å². The molecule has 2 aromatic rings. The SMILES string of the molecule is CC(C)(O/N=C(\C(=O)C[C@H]1Cc2cccc(C(=O)O)c2OB1O)c1csc(N)n1)C(=O)O. The number of benzene rings is 1. The highest BCUT2D eigenvalue weighted by molar-refractivity contribution is 7.13. The Morgan fingerprint density at radius 1 is 1.38 bits per heavy atom. The topological polar surface area (TPSA) is 182 Å². The number of rotatable bonds is 8. The number of oxime groups is 1. The highest BCUT2D eigenvalue weighted by atomic mass is 32.1. The number of aliphatic carboxylic acids is 1. The number of carboxylic acids is 2. The number of fused-ring (bicyclic) bond motifs is 1. The predicted molar refractivity (Wildman–Crippen MR) is 115 cm³/mol. The number of aromatic nitrogens is 1. The van der Waals surface area contributed by atoms with Crippen LogP contribution < -0.4 is 10.4 Å². The van der Waals surface area contributed by atoms with E-state index in [1.807, 2.05) is 0 Å². The number of hydrogen-bond donors (Lipinski definition) is 4. The Morgan fingerprint density at radius 3 is 2.69 bits per heavy atom. The Labute approximate surface area is 186 Å². The van der Waals surface area contributed by atoms with Crippen molar-refractivity contribution in [2.75, 3.05) is 5.73 Å². The maximum atomic E-state index is 13.0. The van der Waals surface area contributed by atoms with Crippen LogP contribution in [0.15, 0.2) is 28.7 Å². The van der Waals surface area contributed by atoms with Gasteiger partial charge in [0.25, 0.3) is 0 Å². The number of thiazole rings is 1. The minimum Gasteiger partial charge on any atom is -0.535 e. The summed E-state index contributed by atoms with van der Waals surface area (Å²) in [6, 6.07) is 4.56. The number of nitrogen functional groups attached to an aromatic ring is 1. The molecule has 1 aliphatic heterocycles. The average molecular weight is 461 g/mol. The summed E-state index contributed by atoms with van der Waals surface area (Å²) >= 11 is 1.06. The van der Waals surface area contributed by atoms with Crippen molar-refractivity contribution >= 4 is 47.0 Å². The first-order chi connectivity index (χ1) is 15.0. The zero-order valence-corrected chi connectivity index (χ0v) is 18.0. The zero-order valence-electron chi connectivity index (χ0n) is 17.1. The Kier molecular flexibility index (Phi) is 6.51. The van der Waals surface area contributed by atoms with Gasteiger partial charge < -0.3 is 30.5 Å². The summed E-state index contributed by atoms with van der Waals surface area (Å²) in [6.07, 6.45) is -0.0671. The molecule has 11 nitrogen and oxygen atoms in total. The molecule has 3 rings (SSSR count). The second-order valence-electron chi connectivity index (χ2n) is 7.62. The van der Waals surface area contributed by atoms with Crippen LogP contribution in [0, 0.1) is 0 Å². The second-order valence-corrected chi connectivity index (χ2v) is 8.51. The first-order valence-electron chi connectivity index (χ1n) is 9.43. The molecule has 1 atom stereocenters. The van der Waals surface area contributed by atoms with E-state index in [-0.39, 0.29) is 40.7 Å². The summed E-state index contributed by atoms with van der Waals surface area (Å²) < 4.78 is 5.41. The van der Waals surface area contributed by atoms with Crippen molar-refractivity contribution in [3.05, 3.63) is 40.4 Å². The molecule has 0 aliphatic carbocycles. The molecule has 0 saturated heterocycles. The minimum absolute atomic E-state index is 0.0592. The van der Waals surface area contributed by atoms with Crippen LogP contribution in [0.25, 0.3) is 0 Å². The third kappa shape index (κ3) is 4.89. The molecule has 1 aliphatic rings. The van der Waals surface area contributed by atoms with Crippen LogP contribution in [-0.4, -0.2) is 56.4 Å². The molecule has 5 N–H and O–H groups in total. The van der Waals surface area contributed by atoms with Crippen LogP contribution >= 0.6 is 11.3 Å². The third-order valence-corrected chi connectivity index (χ3v) is 5.48. The van der Waals surface area contributed by atoms with Gasteiger partial charge in [-0.25, -0.2) is 14.6 Å². The predicted octanol–water partition coefficient (Wildman–Crippen LogP) is 1.45. The lowest BCUT2D eigenvalue weighted by atomic mass is 9.64. The fourth-order valence-corrected chi connectivity index (χ4v) is 3.54. The number of aromatic carboxylic acids is 1. The fraction of sp³-hybridized carbons (Fsp3) is 0.316. The number of nitrogens with two attached hydrogens (primary N) is 1. The number of ketones is 1. The molecule has 0 unspecified atom stereocenters. The molecule has 0 amide bonds. The number of nitrogens with zero attached hydrogens (tertiary/aromatic N) is 2. The third-order valence-electron chi connectivity index (χ3n) is 4.81. The lowest BCUT2D eigenvalue weighted by Gasteiger charge is -2.28. The van der Waals surface area contributed by atoms with Gasteiger partial charge >= 0.3 is 19.1 Å².